The molecule has 1 amide bonds. The highest BCUT2D eigenvalue weighted by Gasteiger charge is 2.30. The molecule has 0 unspecified atom stereocenters. The highest BCUT2D eigenvalue weighted by molar-refractivity contribution is 5.92. The van der Waals surface area contributed by atoms with E-state index >= 15 is 0 Å². The lowest BCUT2D eigenvalue weighted by molar-refractivity contribution is -0.00490. The lowest BCUT2D eigenvalue weighted by Crippen LogP contribution is -2.44. The first-order chi connectivity index (χ1) is 9.27. The summed E-state index contributed by atoms with van der Waals surface area (Å²) in [7, 11) is 1.99. The van der Waals surface area contributed by atoms with Gasteiger partial charge in [0.05, 0.1) is 19.3 Å². The Morgan fingerprint density at radius 2 is 2.32 bits per heavy atom. The lowest BCUT2D eigenvalue weighted by Gasteiger charge is -2.35. The van der Waals surface area contributed by atoms with E-state index < -0.39 is 0 Å². The van der Waals surface area contributed by atoms with E-state index in [2.05, 4.69) is 4.98 Å². The van der Waals surface area contributed by atoms with E-state index in [-0.39, 0.29) is 11.9 Å². The SMILES string of the molecule is Cn1cccc1[C@@H]1COCCN1C(=O)c1ccc[nH]1. The van der Waals surface area contributed by atoms with Gasteiger partial charge in [0.1, 0.15) is 5.69 Å². The monoisotopic (exact) mass is 259 g/mol. The van der Waals surface area contributed by atoms with E-state index in [9.17, 15) is 4.79 Å². The number of hydrogen-bond donors (Lipinski definition) is 1. The Hall–Kier alpha value is -2.01. The fraction of sp³-hybridized carbons (Fsp3) is 0.357. The van der Waals surface area contributed by atoms with Crippen molar-refractivity contribution in [3.63, 3.8) is 0 Å². The van der Waals surface area contributed by atoms with Crippen LogP contribution in [0.3, 0.4) is 0 Å². The molecule has 1 N–H and O–H groups in total. The quantitative estimate of drug-likeness (QED) is 0.890. The third kappa shape index (κ3) is 2.17. The molecule has 0 spiro atoms. The Labute approximate surface area is 111 Å². The third-order valence-corrected chi connectivity index (χ3v) is 3.54. The molecule has 0 saturated carbocycles. The number of nitrogens with one attached hydrogen (secondary N) is 1. The average Bonchev–Trinajstić information content (AvgIpc) is 3.09. The highest BCUT2D eigenvalue weighted by atomic mass is 16.5. The summed E-state index contributed by atoms with van der Waals surface area (Å²) in [6, 6.07) is 7.64. The lowest BCUT2D eigenvalue weighted by atomic mass is 10.1. The number of amides is 1. The van der Waals surface area contributed by atoms with Gasteiger partial charge in [-0.1, -0.05) is 0 Å². The van der Waals surface area contributed by atoms with Crippen LogP contribution in [0.25, 0.3) is 0 Å². The summed E-state index contributed by atoms with van der Waals surface area (Å²) >= 11 is 0. The van der Waals surface area contributed by atoms with Crippen LogP contribution in [0.4, 0.5) is 0 Å². The molecule has 1 fully saturated rings. The fourth-order valence-electron chi connectivity index (χ4n) is 2.53. The fourth-order valence-corrected chi connectivity index (χ4v) is 2.53. The van der Waals surface area contributed by atoms with Gasteiger partial charge in [-0.3, -0.25) is 4.79 Å². The van der Waals surface area contributed by atoms with Crippen molar-refractivity contribution in [1.82, 2.24) is 14.5 Å². The van der Waals surface area contributed by atoms with Crippen LogP contribution in [0.15, 0.2) is 36.7 Å². The minimum Gasteiger partial charge on any atom is -0.377 e. The zero-order valence-corrected chi connectivity index (χ0v) is 10.9. The molecule has 1 atom stereocenters. The van der Waals surface area contributed by atoms with Crippen LogP contribution in [0, 0.1) is 0 Å². The molecule has 1 saturated heterocycles. The molecule has 3 rings (SSSR count). The van der Waals surface area contributed by atoms with Gasteiger partial charge in [0.15, 0.2) is 0 Å². The summed E-state index contributed by atoms with van der Waals surface area (Å²) in [6.45, 7) is 1.76. The predicted octanol–water partition coefficient (Wildman–Crippen LogP) is 1.57. The molecule has 3 heterocycles. The molecule has 5 nitrogen and oxygen atoms in total. The first-order valence-electron chi connectivity index (χ1n) is 6.40. The second-order valence-corrected chi connectivity index (χ2v) is 4.72. The molecule has 2 aromatic heterocycles. The Morgan fingerprint density at radius 3 is 3.00 bits per heavy atom. The summed E-state index contributed by atoms with van der Waals surface area (Å²) in [4.78, 5) is 17.4. The van der Waals surface area contributed by atoms with Gasteiger partial charge in [-0.2, -0.15) is 0 Å². The van der Waals surface area contributed by atoms with Gasteiger partial charge in [-0.05, 0) is 24.3 Å². The van der Waals surface area contributed by atoms with Crippen molar-refractivity contribution < 1.29 is 9.53 Å². The van der Waals surface area contributed by atoms with E-state index in [1.165, 1.54) is 0 Å². The predicted molar refractivity (Wildman–Crippen MR) is 70.8 cm³/mol. The summed E-state index contributed by atoms with van der Waals surface area (Å²) in [5.74, 6) is 0.0273. The largest absolute Gasteiger partial charge is 0.377 e. The minimum atomic E-state index is -0.0236. The number of aromatic amines is 1. The number of nitrogens with zero attached hydrogens (tertiary/aromatic N) is 2. The van der Waals surface area contributed by atoms with Crippen LogP contribution >= 0.6 is 0 Å². The van der Waals surface area contributed by atoms with E-state index in [1.54, 1.807) is 12.3 Å². The van der Waals surface area contributed by atoms with E-state index in [0.29, 0.717) is 25.5 Å². The van der Waals surface area contributed by atoms with Crippen molar-refractivity contribution in [2.45, 2.75) is 6.04 Å². The van der Waals surface area contributed by atoms with Crippen LogP contribution in [0.1, 0.15) is 22.2 Å². The van der Waals surface area contributed by atoms with Crippen molar-refractivity contribution in [2.75, 3.05) is 19.8 Å². The molecular formula is C14H17N3O2. The zero-order chi connectivity index (χ0) is 13.2. The van der Waals surface area contributed by atoms with E-state index in [1.807, 2.05) is 40.9 Å². The number of ether oxygens (including phenoxy) is 1. The minimum absolute atomic E-state index is 0.0236. The highest BCUT2D eigenvalue weighted by Crippen LogP contribution is 2.25. The Morgan fingerprint density at radius 1 is 1.42 bits per heavy atom. The number of hydrogen-bond acceptors (Lipinski definition) is 2. The van der Waals surface area contributed by atoms with Gasteiger partial charge >= 0.3 is 0 Å². The van der Waals surface area contributed by atoms with Crippen LogP contribution in [0.2, 0.25) is 0 Å². The van der Waals surface area contributed by atoms with Crippen molar-refractivity contribution in [1.29, 1.82) is 0 Å². The maximum atomic E-state index is 12.5. The molecule has 19 heavy (non-hydrogen) atoms. The number of aromatic nitrogens is 2. The molecule has 5 heteroatoms. The number of aryl methyl sites for hydroxylation is 1. The summed E-state index contributed by atoms with van der Waals surface area (Å²) in [6.07, 6.45) is 3.76. The van der Waals surface area contributed by atoms with Crippen molar-refractivity contribution >= 4 is 5.91 Å². The van der Waals surface area contributed by atoms with Gasteiger partial charge in [0, 0.05) is 31.7 Å². The maximum absolute atomic E-state index is 12.5. The van der Waals surface area contributed by atoms with Crippen molar-refractivity contribution in [3.8, 4) is 0 Å². The molecule has 0 aromatic carbocycles. The van der Waals surface area contributed by atoms with Crippen LogP contribution in [-0.2, 0) is 11.8 Å². The first kappa shape index (κ1) is 12.0. The van der Waals surface area contributed by atoms with E-state index in [0.717, 1.165) is 5.69 Å². The van der Waals surface area contributed by atoms with Gasteiger partial charge in [0.25, 0.3) is 5.91 Å². The molecule has 2 aromatic rings. The molecule has 1 aliphatic heterocycles. The number of morpholine rings is 1. The topological polar surface area (TPSA) is 50.3 Å². The second kappa shape index (κ2) is 4.93. The number of rotatable bonds is 2. The van der Waals surface area contributed by atoms with Gasteiger partial charge in [-0.15, -0.1) is 0 Å². The number of H-pyrrole nitrogens is 1. The van der Waals surface area contributed by atoms with Crippen molar-refractivity contribution in [2.24, 2.45) is 7.05 Å². The third-order valence-electron chi connectivity index (χ3n) is 3.54. The summed E-state index contributed by atoms with van der Waals surface area (Å²) in [5.41, 5.74) is 1.72. The molecule has 0 aliphatic carbocycles. The molecule has 1 aliphatic rings. The molecule has 0 bridgehead atoms. The Balaban J connectivity index is 1.90. The van der Waals surface area contributed by atoms with Crippen molar-refractivity contribution in [3.05, 3.63) is 48.0 Å². The van der Waals surface area contributed by atoms with Crippen LogP contribution in [-0.4, -0.2) is 40.1 Å². The number of carbonyl (C=O) groups excluding carboxylic acids is 1. The molecular weight excluding hydrogens is 242 g/mol. The Kier molecular flexibility index (Phi) is 3.13. The standard InChI is InChI=1S/C14H17N3O2/c1-16-7-3-5-12(16)13-10-19-9-8-17(13)14(18)11-4-2-6-15-11/h2-7,13,15H,8-10H2,1H3/t13-/m0/s1. The Bertz CT molecular complexity index is 559. The smallest absolute Gasteiger partial charge is 0.270 e. The van der Waals surface area contributed by atoms with Gasteiger partial charge < -0.3 is 19.2 Å². The first-order valence-corrected chi connectivity index (χ1v) is 6.40. The summed E-state index contributed by atoms with van der Waals surface area (Å²) < 4.78 is 7.58. The number of carbonyl (C=O) groups is 1. The molecule has 100 valence electrons. The second-order valence-electron chi connectivity index (χ2n) is 4.72. The van der Waals surface area contributed by atoms with Gasteiger partial charge in [-0.25, -0.2) is 0 Å². The van der Waals surface area contributed by atoms with E-state index in [4.69, 9.17) is 4.74 Å². The van der Waals surface area contributed by atoms with Crippen LogP contribution in [0.5, 0.6) is 0 Å². The van der Waals surface area contributed by atoms with Gasteiger partial charge in [0.2, 0.25) is 0 Å². The maximum Gasteiger partial charge on any atom is 0.270 e. The van der Waals surface area contributed by atoms with Crippen LogP contribution < -0.4 is 0 Å². The zero-order valence-electron chi connectivity index (χ0n) is 10.9. The normalized spacial score (nSPS) is 19.6. The summed E-state index contributed by atoms with van der Waals surface area (Å²) in [5, 5.41) is 0. The molecule has 0 radical (unpaired) electrons. The average molecular weight is 259 g/mol.